The molecule has 2 aliphatic rings. The van der Waals surface area contributed by atoms with E-state index in [9.17, 15) is 9.59 Å². The van der Waals surface area contributed by atoms with Crippen molar-refractivity contribution in [2.24, 2.45) is 0 Å². The van der Waals surface area contributed by atoms with Crippen LogP contribution in [0, 0.1) is 6.92 Å². The third kappa shape index (κ3) is 4.08. The van der Waals surface area contributed by atoms with Crippen LogP contribution in [0.4, 0.5) is 11.4 Å². The summed E-state index contributed by atoms with van der Waals surface area (Å²) in [5, 5.41) is 3.63. The summed E-state index contributed by atoms with van der Waals surface area (Å²) in [6.07, 6.45) is 6.65. The van der Waals surface area contributed by atoms with E-state index in [4.69, 9.17) is 0 Å². The van der Waals surface area contributed by atoms with Gasteiger partial charge >= 0.3 is 0 Å². The maximum Gasteiger partial charge on any atom is 0.234 e. The molecular weight excluding hydrogens is 308 g/mol. The lowest BCUT2D eigenvalue weighted by Gasteiger charge is -2.19. The van der Waals surface area contributed by atoms with E-state index in [-0.39, 0.29) is 11.8 Å². The minimum atomic E-state index is 0.0614. The molecule has 0 atom stereocenters. The normalized spacial score (nSPS) is 18.7. The van der Waals surface area contributed by atoms with Crippen molar-refractivity contribution >= 4 is 35.0 Å². The van der Waals surface area contributed by atoms with Crippen molar-refractivity contribution in [1.29, 1.82) is 0 Å². The number of hydrogen-bond acceptors (Lipinski definition) is 3. The molecule has 3 rings (SSSR count). The monoisotopic (exact) mass is 332 g/mol. The van der Waals surface area contributed by atoms with Crippen LogP contribution < -0.4 is 10.2 Å². The van der Waals surface area contributed by atoms with E-state index in [2.05, 4.69) is 5.32 Å². The molecule has 0 radical (unpaired) electrons. The Morgan fingerprint density at radius 3 is 2.74 bits per heavy atom. The number of rotatable bonds is 5. The Bertz CT molecular complexity index is 597. The summed E-state index contributed by atoms with van der Waals surface area (Å²) in [6.45, 7) is 2.78. The summed E-state index contributed by atoms with van der Waals surface area (Å²) >= 11 is 1.77. The van der Waals surface area contributed by atoms with Gasteiger partial charge in [0, 0.05) is 29.6 Å². The first kappa shape index (κ1) is 16.4. The summed E-state index contributed by atoms with van der Waals surface area (Å²) in [7, 11) is 0. The molecule has 2 amide bonds. The third-order valence-electron chi connectivity index (χ3n) is 4.60. The molecule has 2 fully saturated rings. The van der Waals surface area contributed by atoms with Crippen LogP contribution >= 0.6 is 11.8 Å². The maximum atomic E-state index is 12.1. The highest BCUT2D eigenvalue weighted by atomic mass is 32.2. The molecule has 1 aliphatic heterocycles. The summed E-state index contributed by atoms with van der Waals surface area (Å²) in [5.74, 6) is 0.778. The number of carbonyl (C=O) groups excluding carboxylic acids is 2. The van der Waals surface area contributed by atoms with Crippen molar-refractivity contribution in [3.8, 4) is 0 Å². The Morgan fingerprint density at radius 1 is 1.30 bits per heavy atom. The van der Waals surface area contributed by atoms with Crippen LogP contribution in [0.1, 0.15) is 44.1 Å². The van der Waals surface area contributed by atoms with Gasteiger partial charge in [0.15, 0.2) is 0 Å². The molecule has 0 bridgehead atoms. The number of benzene rings is 1. The van der Waals surface area contributed by atoms with E-state index in [0.29, 0.717) is 17.4 Å². The number of nitrogens with zero attached hydrogens (tertiary/aromatic N) is 1. The molecule has 1 aromatic carbocycles. The number of hydrogen-bond donors (Lipinski definition) is 1. The van der Waals surface area contributed by atoms with Crippen LogP contribution in [0.15, 0.2) is 18.2 Å². The highest BCUT2D eigenvalue weighted by Crippen LogP contribution is 2.30. The van der Waals surface area contributed by atoms with E-state index in [1.54, 1.807) is 11.8 Å². The lowest BCUT2D eigenvalue weighted by Crippen LogP contribution is -2.24. The largest absolute Gasteiger partial charge is 0.325 e. The van der Waals surface area contributed by atoms with Crippen molar-refractivity contribution in [3.05, 3.63) is 23.8 Å². The second-order valence-electron chi connectivity index (χ2n) is 6.42. The lowest BCUT2D eigenvalue weighted by molar-refractivity contribution is -0.117. The fraction of sp³-hybridized carbons (Fsp3) is 0.556. The number of nitrogens with one attached hydrogen (secondary N) is 1. The summed E-state index contributed by atoms with van der Waals surface area (Å²) < 4.78 is 0. The predicted molar refractivity (Wildman–Crippen MR) is 96.1 cm³/mol. The SMILES string of the molecule is Cc1cc(NC(=O)CSC2CCCC2)ccc1N1CCCC1=O. The van der Waals surface area contributed by atoms with Gasteiger partial charge in [-0.25, -0.2) is 0 Å². The third-order valence-corrected chi connectivity index (χ3v) is 5.97. The summed E-state index contributed by atoms with van der Waals surface area (Å²) in [6, 6.07) is 5.80. The zero-order chi connectivity index (χ0) is 16.2. The first-order valence-electron chi connectivity index (χ1n) is 8.46. The van der Waals surface area contributed by atoms with Crippen LogP contribution in [0.5, 0.6) is 0 Å². The smallest absolute Gasteiger partial charge is 0.234 e. The summed E-state index contributed by atoms with van der Waals surface area (Å²) in [5.41, 5.74) is 2.81. The molecule has 1 aromatic rings. The van der Waals surface area contributed by atoms with Crippen LogP contribution in [0.2, 0.25) is 0 Å². The van der Waals surface area contributed by atoms with Gasteiger partial charge in [0.2, 0.25) is 11.8 Å². The minimum Gasteiger partial charge on any atom is -0.325 e. The predicted octanol–water partition coefficient (Wildman–Crippen LogP) is 3.74. The molecule has 1 heterocycles. The maximum absolute atomic E-state index is 12.1. The van der Waals surface area contributed by atoms with Crippen molar-refractivity contribution < 1.29 is 9.59 Å². The van der Waals surface area contributed by atoms with Gasteiger partial charge in [-0.1, -0.05) is 12.8 Å². The average Bonchev–Trinajstić information content (AvgIpc) is 3.17. The molecule has 0 aromatic heterocycles. The van der Waals surface area contributed by atoms with E-state index in [0.717, 1.165) is 29.9 Å². The molecule has 23 heavy (non-hydrogen) atoms. The van der Waals surface area contributed by atoms with Crippen molar-refractivity contribution in [1.82, 2.24) is 0 Å². The average molecular weight is 332 g/mol. The van der Waals surface area contributed by atoms with Crippen LogP contribution in [-0.2, 0) is 9.59 Å². The molecule has 4 nitrogen and oxygen atoms in total. The van der Waals surface area contributed by atoms with Gasteiger partial charge in [-0.15, -0.1) is 11.8 Å². The van der Waals surface area contributed by atoms with Crippen molar-refractivity contribution in [2.75, 3.05) is 22.5 Å². The standard InChI is InChI=1S/C18H24N2O2S/c1-13-11-14(8-9-16(13)20-10-4-7-18(20)22)19-17(21)12-23-15-5-2-3-6-15/h8-9,11,15H,2-7,10,12H2,1H3,(H,19,21). The van der Waals surface area contributed by atoms with Gasteiger partial charge in [0.05, 0.1) is 5.75 Å². The number of aryl methyl sites for hydroxylation is 1. The lowest BCUT2D eigenvalue weighted by atomic mass is 10.1. The van der Waals surface area contributed by atoms with Gasteiger partial charge in [-0.05, 0) is 49.9 Å². The van der Waals surface area contributed by atoms with Crippen LogP contribution in [0.3, 0.4) is 0 Å². The van der Waals surface area contributed by atoms with Gasteiger partial charge in [0.25, 0.3) is 0 Å². The van der Waals surface area contributed by atoms with E-state index >= 15 is 0 Å². The van der Waals surface area contributed by atoms with E-state index < -0.39 is 0 Å². The second-order valence-corrected chi connectivity index (χ2v) is 7.70. The molecule has 1 aliphatic carbocycles. The van der Waals surface area contributed by atoms with Gasteiger partial charge in [-0.3, -0.25) is 9.59 Å². The quantitative estimate of drug-likeness (QED) is 0.893. The Morgan fingerprint density at radius 2 is 2.09 bits per heavy atom. The van der Waals surface area contributed by atoms with Gasteiger partial charge < -0.3 is 10.2 Å². The first-order valence-corrected chi connectivity index (χ1v) is 9.51. The molecule has 1 saturated carbocycles. The fourth-order valence-electron chi connectivity index (χ4n) is 3.38. The fourth-order valence-corrected chi connectivity index (χ4v) is 4.51. The second kappa shape index (κ2) is 7.39. The van der Waals surface area contributed by atoms with Gasteiger partial charge in [0.1, 0.15) is 0 Å². The summed E-state index contributed by atoms with van der Waals surface area (Å²) in [4.78, 5) is 25.8. The minimum absolute atomic E-state index is 0.0614. The van der Waals surface area contributed by atoms with E-state index in [1.807, 2.05) is 30.0 Å². The molecule has 5 heteroatoms. The number of thioether (sulfide) groups is 1. The van der Waals surface area contributed by atoms with Crippen LogP contribution in [0.25, 0.3) is 0 Å². The molecule has 1 saturated heterocycles. The van der Waals surface area contributed by atoms with Crippen molar-refractivity contribution in [3.63, 3.8) is 0 Å². The Balaban J connectivity index is 1.56. The highest BCUT2D eigenvalue weighted by Gasteiger charge is 2.23. The topological polar surface area (TPSA) is 49.4 Å². The van der Waals surface area contributed by atoms with Crippen molar-refractivity contribution in [2.45, 2.75) is 50.7 Å². The van der Waals surface area contributed by atoms with Crippen LogP contribution in [-0.4, -0.2) is 29.4 Å². The zero-order valence-electron chi connectivity index (χ0n) is 13.6. The Hall–Kier alpha value is -1.49. The number of anilines is 2. The molecular formula is C18H24N2O2S. The highest BCUT2D eigenvalue weighted by molar-refractivity contribution is 8.00. The number of carbonyl (C=O) groups is 2. The molecule has 0 unspecified atom stereocenters. The van der Waals surface area contributed by atoms with Gasteiger partial charge in [-0.2, -0.15) is 0 Å². The van der Waals surface area contributed by atoms with E-state index in [1.165, 1.54) is 25.7 Å². The Labute approximate surface area is 142 Å². The first-order chi connectivity index (χ1) is 11.1. The molecule has 124 valence electrons. The molecule has 0 spiro atoms. The number of amides is 2. The molecule has 1 N–H and O–H groups in total. The Kier molecular flexibility index (Phi) is 5.26. The zero-order valence-corrected chi connectivity index (χ0v) is 14.5.